The maximum atomic E-state index is 11.7. The number of aliphatic hydroxyl groups excluding tert-OH is 2. The van der Waals surface area contributed by atoms with Crippen LogP contribution in [0.15, 0.2) is 42.6 Å². The number of ether oxygens (including phenoxy) is 1. The third-order valence-corrected chi connectivity index (χ3v) is 5.29. The van der Waals surface area contributed by atoms with Gasteiger partial charge in [0.05, 0.1) is 10.9 Å². The average molecular weight is 374 g/mol. The lowest BCUT2D eigenvalue weighted by atomic mass is 10.1. The van der Waals surface area contributed by atoms with Gasteiger partial charge >= 0.3 is 0 Å². The fraction of sp³-hybridized carbons (Fsp3) is 0.368. The summed E-state index contributed by atoms with van der Waals surface area (Å²) in [6.45, 7) is 2.17. The lowest BCUT2D eigenvalue weighted by molar-refractivity contribution is -0.121. The van der Waals surface area contributed by atoms with E-state index < -0.39 is 11.7 Å². The zero-order valence-corrected chi connectivity index (χ0v) is 15.3. The number of carbonyl (C=O) groups excluding carboxylic acids is 1. The standard InChI is InChI=1S/C19H22N2O4S/c1-2-12-5-8-15(20-10-12)16(22)11-25-14-6-3-13(4-7-14)9-17-18(23)21-19(24)26-17/h3-8,10,16-17,19,22,24H,2,9,11H2,1H3,(H,21,23)/t16-,17?,19?/m1/s1. The van der Waals surface area contributed by atoms with Crippen LogP contribution in [-0.4, -0.2) is 38.5 Å². The molecule has 0 radical (unpaired) electrons. The first kappa shape index (κ1) is 18.7. The summed E-state index contributed by atoms with van der Waals surface area (Å²) in [7, 11) is 0. The third kappa shape index (κ3) is 4.75. The predicted molar refractivity (Wildman–Crippen MR) is 99.7 cm³/mol. The number of aryl methyl sites for hydroxylation is 1. The van der Waals surface area contributed by atoms with Gasteiger partial charge in [-0.2, -0.15) is 0 Å². The van der Waals surface area contributed by atoms with E-state index in [2.05, 4.69) is 17.2 Å². The summed E-state index contributed by atoms with van der Waals surface area (Å²) in [5.74, 6) is 0.495. The number of rotatable bonds is 7. The van der Waals surface area contributed by atoms with E-state index in [9.17, 15) is 15.0 Å². The molecule has 3 atom stereocenters. The van der Waals surface area contributed by atoms with Crippen molar-refractivity contribution in [1.82, 2.24) is 10.3 Å². The summed E-state index contributed by atoms with van der Waals surface area (Å²) in [5, 5.41) is 21.8. The zero-order valence-electron chi connectivity index (χ0n) is 14.5. The monoisotopic (exact) mass is 374 g/mol. The van der Waals surface area contributed by atoms with Crippen LogP contribution in [0.3, 0.4) is 0 Å². The van der Waals surface area contributed by atoms with Crippen LogP contribution >= 0.6 is 11.8 Å². The molecule has 6 nitrogen and oxygen atoms in total. The number of thioether (sulfide) groups is 1. The van der Waals surface area contributed by atoms with E-state index >= 15 is 0 Å². The molecule has 0 bridgehead atoms. The molecule has 1 fully saturated rings. The van der Waals surface area contributed by atoms with Crippen LogP contribution in [0.25, 0.3) is 0 Å². The average Bonchev–Trinajstić information content (AvgIpc) is 2.98. The van der Waals surface area contributed by atoms with Gasteiger partial charge in [0.2, 0.25) is 5.91 Å². The number of carbonyl (C=O) groups is 1. The first-order valence-electron chi connectivity index (χ1n) is 8.53. The van der Waals surface area contributed by atoms with Gasteiger partial charge in [-0.3, -0.25) is 9.78 Å². The fourth-order valence-electron chi connectivity index (χ4n) is 2.65. The molecule has 0 aliphatic carbocycles. The first-order chi connectivity index (χ1) is 12.5. The Bertz CT molecular complexity index is 736. The van der Waals surface area contributed by atoms with E-state index in [0.717, 1.165) is 17.5 Å². The summed E-state index contributed by atoms with van der Waals surface area (Å²) >= 11 is 1.21. The molecule has 3 N–H and O–H groups in total. The molecule has 0 saturated carbocycles. The van der Waals surface area contributed by atoms with Crippen LogP contribution in [0.1, 0.15) is 29.8 Å². The first-order valence-corrected chi connectivity index (χ1v) is 9.48. The number of hydrogen-bond acceptors (Lipinski definition) is 6. The second kappa shape index (κ2) is 8.53. The van der Waals surface area contributed by atoms with Crippen molar-refractivity contribution in [2.75, 3.05) is 6.61 Å². The summed E-state index contributed by atoms with van der Waals surface area (Å²) in [4.78, 5) is 15.9. The van der Waals surface area contributed by atoms with Gasteiger partial charge in [0, 0.05) is 6.20 Å². The molecule has 26 heavy (non-hydrogen) atoms. The second-order valence-corrected chi connectivity index (χ2v) is 7.39. The Morgan fingerprint density at radius 2 is 1.96 bits per heavy atom. The summed E-state index contributed by atoms with van der Waals surface area (Å²) in [6.07, 6.45) is 2.43. The molecular formula is C19H22N2O4S. The molecule has 2 aromatic rings. The van der Waals surface area contributed by atoms with Crippen molar-refractivity contribution >= 4 is 17.7 Å². The van der Waals surface area contributed by atoms with Gasteiger partial charge in [-0.05, 0) is 42.2 Å². The molecule has 0 spiro atoms. The Balaban J connectivity index is 1.51. The molecule has 1 saturated heterocycles. The maximum Gasteiger partial charge on any atom is 0.236 e. The van der Waals surface area contributed by atoms with Crippen molar-refractivity contribution in [3.05, 3.63) is 59.4 Å². The second-order valence-electron chi connectivity index (χ2n) is 6.11. The molecule has 1 aromatic heterocycles. The smallest absolute Gasteiger partial charge is 0.236 e. The van der Waals surface area contributed by atoms with E-state index in [0.29, 0.717) is 17.9 Å². The lowest BCUT2D eigenvalue weighted by Crippen LogP contribution is -2.27. The Hall–Kier alpha value is -2.09. The molecule has 138 valence electrons. The highest BCUT2D eigenvalue weighted by atomic mass is 32.2. The molecule has 1 aromatic carbocycles. The van der Waals surface area contributed by atoms with Crippen molar-refractivity contribution in [3.8, 4) is 5.75 Å². The number of nitrogens with zero attached hydrogens (tertiary/aromatic N) is 1. The summed E-state index contributed by atoms with van der Waals surface area (Å²) < 4.78 is 5.63. The predicted octanol–water partition coefficient (Wildman–Crippen LogP) is 1.81. The van der Waals surface area contributed by atoms with Gasteiger partial charge < -0.3 is 20.3 Å². The normalized spacial score (nSPS) is 20.7. The highest BCUT2D eigenvalue weighted by molar-refractivity contribution is 8.01. The SMILES string of the molecule is CCc1ccc([C@H](O)COc2ccc(CC3SC(O)NC3=O)cc2)nc1. The molecule has 2 heterocycles. The highest BCUT2D eigenvalue weighted by Crippen LogP contribution is 2.26. The van der Waals surface area contributed by atoms with Crippen LogP contribution in [0.4, 0.5) is 0 Å². The van der Waals surface area contributed by atoms with E-state index in [1.165, 1.54) is 11.8 Å². The van der Waals surface area contributed by atoms with Crippen LogP contribution in [0.2, 0.25) is 0 Å². The number of aliphatic hydroxyl groups is 2. The number of hydrogen-bond donors (Lipinski definition) is 3. The van der Waals surface area contributed by atoms with E-state index in [1.54, 1.807) is 6.20 Å². The number of amides is 1. The molecular weight excluding hydrogens is 352 g/mol. The highest BCUT2D eigenvalue weighted by Gasteiger charge is 2.31. The zero-order chi connectivity index (χ0) is 18.5. The van der Waals surface area contributed by atoms with Crippen molar-refractivity contribution < 1.29 is 19.7 Å². The van der Waals surface area contributed by atoms with Gasteiger partial charge in [-0.1, -0.05) is 36.9 Å². The van der Waals surface area contributed by atoms with Gasteiger partial charge in [0.25, 0.3) is 0 Å². The van der Waals surface area contributed by atoms with Gasteiger partial charge in [-0.15, -0.1) is 0 Å². The minimum atomic E-state index is -0.823. The fourth-order valence-corrected chi connectivity index (χ4v) is 3.62. The van der Waals surface area contributed by atoms with E-state index in [-0.39, 0.29) is 17.8 Å². The number of benzene rings is 1. The van der Waals surface area contributed by atoms with Gasteiger partial charge in [0.15, 0.2) is 5.56 Å². The van der Waals surface area contributed by atoms with Crippen molar-refractivity contribution in [1.29, 1.82) is 0 Å². The third-order valence-electron chi connectivity index (χ3n) is 4.20. The Morgan fingerprint density at radius 3 is 2.54 bits per heavy atom. The van der Waals surface area contributed by atoms with Gasteiger partial charge in [0.1, 0.15) is 18.5 Å². The quantitative estimate of drug-likeness (QED) is 0.685. The Morgan fingerprint density at radius 1 is 1.23 bits per heavy atom. The minimum Gasteiger partial charge on any atom is -0.490 e. The molecule has 2 unspecified atom stereocenters. The van der Waals surface area contributed by atoms with Crippen molar-refractivity contribution in [2.24, 2.45) is 0 Å². The molecule has 7 heteroatoms. The number of nitrogens with one attached hydrogen (secondary N) is 1. The van der Waals surface area contributed by atoms with E-state index in [1.807, 2.05) is 36.4 Å². The molecule has 3 rings (SSSR count). The van der Waals surface area contributed by atoms with Crippen LogP contribution in [-0.2, 0) is 17.6 Å². The lowest BCUT2D eigenvalue weighted by Gasteiger charge is -2.13. The van der Waals surface area contributed by atoms with Crippen LogP contribution in [0.5, 0.6) is 5.75 Å². The molecule has 1 aliphatic rings. The van der Waals surface area contributed by atoms with Crippen molar-refractivity contribution in [3.63, 3.8) is 0 Å². The van der Waals surface area contributed by atoms with Crippen LogP contribution in [0, 0.1) is 0 Å². The topological polar surface area (TPSA) is 91.7 Å². The largest absolute Gasteiger partial charge is 0.490 e. The number of pyridine rings is 1. The van der Waals surface area contributed by atoms with Crippen LogP contribution < -0.4 is 10.1 Å². The Labute approximate surface area is 156 Å². The molecule has 1 amide bonds. The van der Waals surface area contributed by atoms with Gasteiger partial charge in [-0.25, -0.2) is 0 Å². The maximum absolute atomic E-state index is 11.7. The summed E-state index contributed by atoms with van der Waals surface area (Å²) in [5.41, 5.74) is 1.87. The minimum absolute atomic E-state index is 0.116. The van der Waals surface area contributed by atoms with Crippen molar-refractivity contribution in [2.45, 2.75) is 36.7 Å². The number of aromatic nitrogens is 1. The Kier molecular flexibility index (Phi) is 6.13. The molecule has 1 aliphatic heterocycles. The summed E-state index contributed by atoms with van der Waals surface area (Å²) in [6, 6.07) is 11.2. The van der Waals surface area contributed by atoms with E-state index in [4.69, 9.17) is 4.74 Å².